The highest BCUT2D eigenvalue weighted by Gasteiger charge is 2.25. The van der Waals surface area contributed by atoms with Crippen LogP contribution in [0, 0.1) is 19.3 Å². The number of aryl methyl sites for hydroxylation is 2. The van der Waals surface area contributed by atoms with E-state index in [0.29, 0.717) is 19.7 Å². The van der Waals surface area contributed by atoms with Crippen molar-refractivity contribution in [1.82, 2.24) is 15.5 Å². The monoisotopic (exact) mass is 502 g/mol. The molecule has 0 spiro atoms. The summed E-state index contributed by atoms with van der Waals surface area (Å²) in [5.41, 5.74) is 3.39. The number of rotatable bonds is 4. The average molecular weight is 502 g/mol. The second kappa shape index (κ2) is 11.0. The van der Waals surface area contributed by atoms with E-state index >= 15 is 0 Å². The number of benzene rings is 1. The highest BCUT2D eigenvalue weighted by Crippen LogP contribution is 2.25. The lowest BCUT2D eigenvalue weighted by molar-refractivity contribution is -0.128. The lowest BCUT2D eigenvalue weighted by atomic mass is 9.96. The number of ether oxygens (including phenoxy) is 1. The number of hydrogen-bond acceptors (Lipinski definition) is 3. The molecule has 0 saturated carbocycles. The summed E-state index contributed by atoms with van der Waals surface area (Å²) in [7, 11) is 1.79. The van der Waals surface area contributed by atoms with Crippen molar-refractivity contribution in [3.63, 3.8) is 0 Å². The minimum absolute atomic E-state index is 0. The van der Waals surface area contributed by atoms with Gasteiger partial charge < -0.3 is 20.3 Å². The van der Waals surface area contributed by atoms with Crippen LogP contribution in [0.3, 0.4) is 0 Å². The van der Waals surface area contributed by atoms with Gasteiger partial charge in [-0.1, -0.05) is 44.5 Å². The predicted molar refractivity (Wildman–Crippen MR) is 125 cm³/mol. The van der Waals surface area contributed by atoms with Crippen molar-refractivity contribution in [3.05, 3.63) is 34.9 Å². The largest absolute Gasteiger partial charge is 0.370 e. The predicted octanol–water partition coefficient (Wildman–Crippen LogP) is 3.03. The van der Waals surface area contributed by atoms with Crippen LogP contribution in [0.5, 0.6) is 0 Å². The molecule has 2 rings (SSSR count). The minimum atomic E-state index is -0.370. The van der Waals surface area contributed by atoms with E-state index in [2.05, 4.69) is 52.6 Å². The Labute approximate surface area is 186 Å². The molecule has 0 aliphatic carbocycles. The Balaban J connectivity index is 0.00000392. The zero-order valence-corrected chi connectivity index (χ0v) is 20.3. The van der Waals surface area contributed by atoms with Gasteiger partial charge in [0.25, 0.3) is 0 Å². The number of aliphatic imine (C=N–C) groups is 1. The quantitative estimate of drug-likeness (QED) is 0.288. The third kappa shape index (κ3) is 6.92. The van der Waals surface area contributed by atoms with Gasteiger partial charge in [0.1, 0.15) is 6.10 Å². The topological polar surface area (TPSA) is 66.0 Å². The first kappa shape index (κ1) is 24.7. The third-order valence-electron chi connectivity index (χ3n) is 4.72. The summed E-state index contributed by atoms with van der Waals surface area (Å²) in [6.45, 7) is 13.4. The number of nitrogens with one attached hydrogen (secondary N) is 2. The number of halogens is 1. The smallest absolute Gasteiger partial charge is 0.225 e. The zero-order valence-electron chi connectivity index (χ0n) is 18.0. The van der Waals surface area contributed by atoms with Gasteiger partial charge in [-0.3, -0.25) is 9.79 Å². The van der Waals surface area contributed by atoms with Crippen molar-refractivity contribution >= 4 is 35.8 Å². The lowest BCUT2D eigenvalue weighted by Crippen LogP contribution is -2.50. The van der Waals surface area contributed by atoms with Gasteiger partial charge in [0.2, 0.25) is 5.91 Å². The Hall–Kier alpha value is -1.35. The van der Waals surface area contributed by atoms with Crippen LogP contribution in [0.25, 0.3) is 0 Å². The first-order chi connectivity index (χ1) is 12.7. The maximum absolute atomic E-state index is 11.9. The molecule has 158 valence electrons. The van der Waals surface area contributed by atoms with E-state index in [1.165, 1.54) is 16.7 Å². The van der Waals surface area contributed by atoms with E-state index in [1.807, 2.05) is 20.8 Å². The maximum atomic E-state index is 11.9. The third-order valence-corrected chi connectivity index (χ3v) is 4.72. The fourth-order valence-electron chi connectivity index (χ4n) is 3.16. The summed E-state index contributed by atoms with van der Waals surface area (Å²) in [5.74, 6) is 0.902. The first-order valence-electron chi connectivity index (χ1n) is 9.65. The van der Waals surface area contributed by atoms with Crippen molar-refractivity contribution < 1.29 is 9.53 Å². The molecular weight excluding hydrogens is 467 g/mol. The molecule has 1 aromatic carbocycles. The SMILES string of the molecule is CN=C(NCCNC(=O)C(C)(C)C)N1CCOC(c2ccc(C)cc2C)C1.I. The molecule has 1 saturated heterocycles. The molecular formula is C21H35IN4O2. The minimum Gasteiger partial charge on any atom is -0.370 e. The Morgan fingerprint density at radius 2 is 1.93 bits per heavy atom. The Morgan fingerprint density at radius 1 is 1.25 bits per heavy atom. The van der Waals surface area contributed by atoms with Gasteiger partial charge >= 0.3 is 0 Å². The van der Waals surface area contributed by atoms with Crippen LogP contribution >= 0.6 is 24.0 Å². The van der Waals surface area contributed by atoms with E-state index in [0.717, 1.165) is 19.0 Å². The van der Waals surface area contributed by atoms with Crippen molar-refractivity contribution in [2.24, 2.45) is 10.4 Å². The van der Waals surface area contributed by atoms with Crippen molar-refractivity contribution in [3.8, 4) is 0 Å². The average Bonchev–Trinajstić information content (AvgIpc) is 2.61. The maximum Gasteiger partial charge on any atom is 0.225 e. The van der Waals surface area contributed by atoms with Crippen LogP contribution in [0.4, 0.5) is 0 Å². The second-order valence-electron chi connectivity index (χ2n) is 8.15. The fraction of sp³-hybridized carbons (Fsp3) is 0.619. The molecule has 1 unspecified atom stereocenters. The Kier molecular flexibility index (Phi) is 9.69. The molecule has 1 aromatic rings. The summed E-state index contributed by atoms with van der Waals surface area (Å²) in [6.07, 6.45) is 0.0403. The number of carbonyl (C=O) groups is 1. The number of guanidine groups is 1. The molecule has 1 heterocycles. The lowest BCUT2D eigenvalue weighted by Gasteiger charge is -2.36. The second-order valence-corrected chi connectivity index (χ2v) is 8.15. The highest BCUT2D eigenvalue weighted by atomic mass is 127. The summed E-state index contributed by atoms with van der Waals surface area (Å²) in [4.78, 5) is 18.6. The summed E-state index contributed by atoms with van der Waals surface area (Å²) >= 11 is 0. The van der Waals surface area contributed by atoms with Crippen LogP contribution in [0.15, 0.2) is 23.2 Å². The van der Waals surface area contributed by atoms with E-state index in [1.54, 1.807) is 7.05 Å². The van der Waals surface area contributed by atoms with Gasteiger partial charge in [-0.15, -0.1) is 24.0 Å². The van der Waals surface area contributed by atoms with E-state index in [-0.39, 0.29) is 41.4 Å². The van der Waals surface area contributed by atoms with Crippen molar-refractivity contribution in [1.29, 1.82) is 0 Å². The van der Waals surface area contributed by atoms with Crippen LogP contribution in [0.1, 0.15) is 43.6 Å². The number of hydrogen-bond donors (Lipinski definition) is 2. The van der Waals surface area contributed by atoms with E-state index in [9.17, 15) is 4.79 Å². The van der Waals surface area contributed by atoms with Crippen molar-refractivity contribution in [2.45, 2.75) is 40.7 Å². The molecule has 2 N–H and O–H groups in total. The molecule has 7 heteroatoms. The van der Waals surface area contributed by atoms with Gasteiger partial charge in [0, 0.05) is 32.1 Å². The van der Waals surface area contributed by atoms with Gasteiger partial charge in [0.05, 0.1) is 13.2 Å². The van der Waals surface area contributed by atoms with E-state index in [4.69, 9.17) is 4.74 Å². The fourth-order valence-corrected chi connectivity index (χ4v) is 3.16. The van der Waals surface area contributed by atoms with Gasteiger partial charge in [-0.05, 0) is 25.0 Å². The molecule has 6 nitrogen and oxygen atoms in total. The molecule has 1 aliphatic rings. The summed E-state index contributed by atoms with van der Waals surface area (Å²) in [5, 5.41) is 6.30. The summed E-state index contributed by atoms with van der Waals surface area (Å²) in [6, 6.07) is 6.50. The molecule has 0 bridgehead atoms. The van der Waals surface area contributed by atoms with Crippen LogP contribution in [-0.4, -0.2) is 56.6 Å². The molecule has 1 amide bonds. The summed E-state index contributed by atoms with van der Waals surface area (Å²) < 4.78 is 6.02. The molecule has 1 aliphatic heterocycles. The number of amides is 1. The number of morpholine rings is 1. The van der Waals surface area contributed by atoms with Gasteiger partial charge in [0.15, 0.2) is 5.96 Å². The first-order valence-corrected chi connectivity index (χ1v) is 9.65. The molecule has 28 heavy (non-hydrogen) atoms. The Bertz CT molecular complexity index is 685. The standard InChI is InChI=1S/C21H34N4O2.HI/c1-15-7-8-17(16(2)13-15)18-14-25(11-12-27-18)20(22-6)24-10-9-23-19(26)21(3,4)5;/h7-8,13,18H,9-12,14H2,1-6H3,(H,22,24)(H,23,26);1H. The van der Waals surface area contributed by atoms with Crippen LogP contribution in [0.2, 0.25) is 0 Å². The van der Waals surface area contributed by atoms with E-state index < -0.39 is 0 Å². The molecule has 1 fully saturated rings. The van der Waals surface area contributed by atoms with Crippen molar-refractivity contribution in [2.75, 3.05) is 39.8 Å². The molecule has 1 atom stereocenters. The van der Waals surface area contributed by atoms with Crippen LogP contribution in [-0.2, 0) is 9.53 Å². The zero-order chi connectivity index (χ0) is 20.0. The van der Waals surface area contributed by atoms with Crippen LogP contribution < -0.4 is 10.6 Å². The number of carbonyl (C=O) groups excluding carboxylic acids is 1. The highest BCUT2D eigenvalue weighted by molar-refractivity contribution is 14.0. The van der Waals surface area contributed by atoms with Gasteiger partial charge in [-0.2, -0.15) is 0 Å². The Morgan fingerprint density at radius 3 is 2.54 bits per heavy atom. The molecule has 0 radical (unpaired) electrons. The normalized spacial score (nSPS) is 17.7. The van der Waals surface area contributed by atoms with Gasteiger partial charge in [-0.25, -0.2) is 0 Å². The number of nitrogens with zero attached hydrogens (tertiary/aromatic N) is 2. The molecule has 0 aromatic heterocycles.